The number of hydrogen-bond acceptors (Lipinski definition) is 3. The van der Waals surface area contributed by atoms with Crippen molar-refractivity contribution >= 4 is 7.26 Å². The molecule has 0 aromatic rings. The lowest BCUT2D eigenvalue weighted by Crippen LogP contribution is -2.13. The van der Waals surface area contributed by atoms with Gasteiger partial charge in [-0.2, -0.15) is 15.8 Å². The van der Waals surface area contributed by atoms with Crippen molar-refractivity contribution in [3.63, 3.8) is 0 Å². The monoisotopic (exact) mass is 490 g/mol. The fourth-order valence-corrected chi connectivity index (χ4v) is 9.53. The van der Waals surface area contributed by atoms with Crippen LogP contribution in [0, 0.1) is 39.9 Å². The van der Waals surface area contributed by atoms with Crippen molar-refractivity contribution in [3.8, 4) is 18.2 Å². The molecule has 0 bridgehead atoms. The summed E-state index contributed by atoms with van der Waals surface area (Å²) in [7, 11) is -0.672. The zero-order valence-corrected chi connectivity index (χ0v) is 24.3. The number of unbranched alkanes of at least 4 members (excludes halogenated alkanes) is 14. The third-order valence-corrected chi connectivity index (χ3v) is 11.9. The Kier molecular flexibility index (Phi) is 29.0. The fourth-order valence-electron chi connectivity index (χ4n) is 4.61. The highest BCUT2D eigenvalue weighted by molar-refractivity contribution is 7.75. The molecule has 0 saturated carbocycles. The van der Waals surface area contributed by atoms with Gasteiger partial charge in [0.2, 0.25) is 5.92 Å². The van der Waals surface area contributed by atoms with Crippen molar-refractivity contribution < 1.29 is 0 Å². The average Bonchev–Trinajstić information content (AvgIpc) is 2.86. The summed E-state index contributed by atoms with van der Waals surface area (Å²) in [6.45, 7) is 9.40. The molecule has 0 saturated heterocycles. The van der Waals surface area contributed by atoms with E-state index in [-0.39, 0.29) is 0 Å². The van der Waals surface area contributed by atoms with Crippen LogP contribution >= 0.6 is 7.26 Å². The van der Waals surface area contributed by atoms with Crippen LogP contribution in [0.3, 0.4) is 0 Å². The van der Waals surface area contributed by atoms with Crippen LogP contribution in [-0.2, 0) is 0 Å². The predicted octanol–water partition coefficient (Wildman–Crippen LogP) is 10.3. The molecule has 34 heavy (non-hydrogen) atoms. The van der Waals surface area contributed by atoms with Crippen molar-refractivity contribution in [1.82, 2.24) is 0 Å². The van der Waals surface area contributed by atoms with Gasteiger partial charge in [-0.3, -0.25) is 0 Å². The van der Waals surface area contributed by atoms with E-state index in [1.807, 2.05) is 0 Å². The van der Waals surface area contributed by atoms with Crippen LogP contribution in [0.1, 0.15) is 143 Å². The minimum atomic E-state index is -1.10. The van der Waals surface area contributed by atoms with Gasteiger partial charge in [0, 0.05) is 7.26 Å². The van der Waals surface area contributed by atoms with Gasteiger partial charge in [-0.1, -0.05) is 91.9 Å². The first kappa shape index (κ1) is 35.1. The molecule has 0 unspecified atom stereocenters. The molecule has 196 valence electrons. The van der Waals surface area contributed by atoms with Crippen LogP contribution < -0.4 is 0 Å². The SMILES string of the molecule is CCCCCCCC[P+](CCCCCC)(CCCCCC)CCCCCC.N#CC(C#N)C#N. The predicted molar refractivity (Wildman–Crippen MR) is 153 cm³/mol. The minimum Gasteiger partial charge on any atom is -0.196 e. The first-order valence-electron chi connectivity index (χ1n) is 14.6. The van der Waals surface area contributed by atoms with Gasteiger partial charge in [0.25, 0.3) is 0 Å². The molecule has 0 fully saturated rings. The van der Waals surface area contributed by atoms with Gasteiger partial charge in [-0.05, 0) is 51.4 Å². The van der Waals surface area contributed by atoms with Crippen LogP contribution in [0.2, 0.25) is 0 Å². The van der Waals surface area contributed by atoms with E-state index in [0.29, 0.717) is 0 Å². The highest BCUT2D eigenvalue weighted by atomic mass is 31.2. The summed E-state index contributed by atoms with van der Waals surface area (Å²) < 4.78 is 0. The Balaban J connectivity index is 0. The molecule has 0 aliphatic rings. The lowest BCUT2D eigenvalue weighted by Gasteiger charge is -2.28. The van der Waals surface area contributed by atoms with E-state index in [1.165, 1.54) is 108 Å². The Morgan fingerprint density at radius 2 is 0.647 bits per heavy atom. The molecular weight excluding hydrogens is 433 g/mol. The molecule has 3 nitrogen and oxygen atoms in total. The Morgan fingerprint density at radius 1 is 0.412 bits per heavy atom. The van der Waals surface area contributed by atoms with Gasteiger partial charge >= 0.3 is 0 Å². The zero-order valence-electron chi connectivity index (χ0n) is 23.4. The maximum atomic E-state index is 7.83. The summed E-state index contributed by atoms with van der Waals surface area (Å²) in [5.74, 6) is -1.10. The first-order valence-corrected chi connectivity index (χ1v) is 17.2. The van der Waals surface area contributed by atoms with Gasteiger partial charge in [-0.25, -0.2) is 0 Å². The van der Waals surface area contributed by atoms with Crippen LogP contribution in [0.5, 0.6) is 0 Å². The molecule has 0 aromatic heterocycles. The Hall–Kier alpha value is -1.10. The van der Waals surface area contributed by atoms with E-state index in [9.17, 15) is 0 Å². The van der Waals surface area contributed by atoms with Crippen LogP contribution in [0.25, 0.3) is 0 Å². The minimum absolute atomic E-state index is 0.672. The first-order chi connectivity index (χ1) is 16.6. The van der Waals surface area contributed by atoms with Gasteiger partial charge in [0.15, 0.2) is 0 Å². The van der Waals surface area contributed by atoms with Gasteiger partial charge in [0.1, 0.15) is 0 Å². The smallest absolute Gasteiger partial charge is 0.196 e. The number of nitriles is 3. The fraction of sp³-hybridized carbons (Fsp3) is 0.900. The lowest BCUT2D eigenvalue weighted by atomic mass is 10.1. The molecular formula is C30H57N3P+. The molecule has 0 rings (SSSR count). The van der Waals surface area contributed by atoms with Gasteiger partial charge in [-0.15, -0.1) is 0 Å². The normalized spacial score (nSPS) is 10.8. The molecule has 4 heteroatoms. The van der Waals surface area contributed by atoms with Crippen LogP contribution in [0.4, 0.5) is 0 Å². The Labute approximate surface area is 215 Å². The summed E-state index contributed by atoms with van der Waals surface area (Å²) in [6.07, 6.45) is 33.1. The highest BCUT2D eigenvalue weighted by Gasteiger charge is 2.34. The molecule has 0 aromatic carbocycles. The molecule has 0 radical (unpaired) electrons. The van der Waals surface area contributed by atoms with Crippen molar-refractivity contribution in [2.45, 2.75) is 143 Å². The molecule has 0 atom stereocenters. The maximum absolute atomic E-state index is 7.83. The number of nitrogens with zero attached hydrogens (tertiary/aromatic N) is 3. The molecule has 0 spiro atoms. The van der Waals surface area contributed by atoms with Crippen LogP contribution in [-0.4, -0.2) is 24.6 Å². The molecule has 0 aliphatic carbocycles. The van der Waals surface area contributed by atoms with Crippen LogP contribution in [0.15, 0.2) is 0 Å². The summed E-state index contributed by atoms with van der Waals surface area (Å²) in [4.78, 5) is 0. The van der Waals surface area contributed by atoms with E-state index in [2.05, 4.69) is 27.7 Å². The summed E-state index contributed by atoms with van der Waals surface area (Å²) in [6, 6.07) is 4.44. The molecule has 0 heterocycles. The lowest BCUT2D eigenvalue weighted by molar-refractivity contribution is 0.623. The third-order valence-electron chi connectivity index (χ3n) is 6.83. The van der Waals surface area contributed by atoms with Gasteiger partial charge in [0.05, 0.1) is 42.9 Å². The molecule has 0 amide bonds. The van der Waals surface area contributed by atoms with Crippen molar-refractivity contribution in [3.05, 3.63) is 0 Å². The van der Waals surface area contributed by atoms with E-state index >= 15 is 0 Å². The Bertz CT molecular complexity index is 476. The second-order valence-corrected chi connectivity index (χ2v) is 14.5. The highest BCUT2D eigenvalue weighted by Crippen LogP contribution is 2.61. The number of hydrogen-bond donors (Lipinski definition) is 0. The van der Waals surface area contributed by atoms with Crippen molar-refractivity contribution in [2.75, 3.05) is 24.6 Å². The van der Waals surface area contributed by atoms with E-state index in [0.717, 1.165) is 0 Å². The molecule has 0 N–H and O–H groups in total. The van der Waals surface area contributed by atoms with E-state index in [1.54, 1.807) is 50.3 Å². The number of rotatable bonds is 22. The second-order valence-electron chi connectivity index (χ2n) is 10.0. The van der Waals surface area contributed by atoms with E-state index < -0.39 is 13.2 Å². The maximum Gasteiger partial charge on any atom is 0.218 e. The van der Waals surface area contributed by atoms with Gasteiger partial charge < -0.3 is 0 Å². The molecule has 0 aliphatic heterocycles. The topological polar surface area (TPSA) is 71.4 Å². The largest absolute Gasteiger partial charge is 0.218 e. The van der Waals surface area contributed by atoms with Crippen molar-refractivity contribution in [1.29, 1.82) is 15.8 Å². The average molecular weight is 491 g/mol. The Morgan fingerprint density at radius 3 is 0.882 bits per heavy atom. The quantitative estimate of drug-likeness (QED) is 0.112. The second kappa shape index (κ2) is 28.1. The summed E-state index contributed by atoms with van der Waals surface area (Å²) in [5.41, 5.74) is 0. The summed E-state index contributed by atoms with van der Waals surface area (Å²) >= 11 is 0. The van der Waals surface area contributed by atoms with E-state index in [4.69, 9.17) is 15.8 Å². The standard InChI is InChI=1S/C26H56P.C4HN3/c1-5-9-13-17-18-22-26-27(23-19-14-10-6-2,24-20-15-11-7-3)25-21-16-12-8-4;5-1-4(2-6)3-7/h5-26H2,1-4H3;4H/q+1;. The summed E-state index contributed by atoms with van der Waals surface area (Å²) in [5, 5.41) is 23.5. The van der Waals surface area contributed by atoms with Crippen molar-refractivity contribution in [2.24, 2.45) is 5.92 Å². The zero-order chi connectivity index (χ0) is 25.8. The third kappa shape index (κ3) is 22.7.